The lowest BCUT2D eigenvalue weighted by Crippen LogP contribution is -1.96. The Kier molecular flexibility index (Phi) is 2.97. The van der Waals surface area contributed by atoms with E-state index in [2.05, 4.69) is 21.0 Å². The number of aromatic nitrogens is 2. The topological polar surface area (TPSA) is 73.3 Å². The number of nitrogens with zero attached hydrogens (tertiary/aromatic N) is 2. The predicted molar refractivity (Wildman–Crippen MR) is 69.0 cm³/mol. The summed E-state index contributed by atoms with van der Waals surface area (Å²) in [6.07, 6.45) is 0. The standard InChI is InChI=1S/C11H12BrN3O2/c1-15-9(13)5-8(14-15)6-3-4-7(12)10(16)11(6)17-2/h3-5,16H,13H2,1-2H3. The van der Waals surface area contributed by atoms with Gasteiger partial charge in [-0.3, -0.25) is 4.68 Å². The molecule has 1 heterocycles. The Bertz CT molecular complexity index is 547. The number of hydrogen-bond donors (Lipinski definition) is 2. The molecule has 0 amide bonds. The van der Waals surface area contributed by atoms with Crippen molar-refractivity contribution in [1.82, 2.24) is 9.78 Å². The van der Waals surface area contributed by atoms with Gasteiger partial charge >= 0.3 is 0 Å². The highest BCUT2D eigenvalue weighted by atomic mass is 79.9. The fourth-order valence-electron chi connectivity index (χ4n) is 1.57. The number of aryl methyl sites for hydroxylation is 1. The fourth-order valence-corrected chi connectivity index (χ4v) is 1.88. The highest BCUT2D eigenvalue weighted by Crippen LogP contribution is 2.41. The molecule has 0 aliphatic heterocycles. The number of hydrogen-bond acceptors (Lipinski definition) is 4. The average molecular weight is 298 g/mol. The summed E-state index contributed by atoms with van der Waals surface area (Å²) in [6, 6.07) is 5.27. The molecule has 0 aliphatic rings. The van der Waals surface area contributed by atoms with Gasteiger partial charge in [0.05, 0.1) is 17.3 Å². The maximum atomic E-state index is 9.88. The number of aromatic hydroxyl groups is 1. The van der Waals surface area contributed by atoms with Gasteiger partial charge in [0.25, 0.3) is 0 Å². The third-order valence-corrected chi connectivity index (χ3v) is 3.12. The summed E-state index contributed by atoms with van der Waals surface area (Å²) in [5, 5.41) is 14.1. The molecular formula is C11H12BrN3O2. The Morgan fingerprint density at radius 3 is 2.71 bits per heavy atom. The molecule has 17 heavy (non-hydrogen) atoms. The van der Waals surface area contributed by atoms with Crippen LogP contribution in [0.15, 0.2) is 22.7 Å². The quantitative estimate of drug-likeness (QED) is 0.891. The first-order valence-corrected chi connectivity index (χ1v) is 5.69. The predicted octanol–water partition coefficient (Wildman–Crippen LogP) is 2.15. The SMILES string of the molecule is COc1c(-c2cc(N)n(C)n2)ccc(Br)c1O. The number of phenolic OH excluding ortho intramolecular Hbond substituents is 1. The average Bonchev–Trinajstić information content (AvgIpc) is 2.62. The maximum absolute atomic E-state index is 9.88. The number of rotatable bonds is 2. The maximum Gasteiger partial charge on any atom is 0.172 e. The summed E-state index contributed by atoms with van der Waals surface area (Å²) in [6.45, 7) is 0. The lowest BCUT2D eigenvalue weighted by Gasteiger charge is -2.09. The fraction of sp³-hybridized carbons (Fsp3) is 0.182. The van der Waals surface area contributed by atoms with Crippen molar-refractivity contribution in [2.45, 2.75) is 0 Å². The van der Waals surface area contributed by atoms with Crippen molar-refractivity contribution in [2.75, 3.05) is 12.8 Å². The smallest absolute Gasteiger partial charge is 0.172 e. The Hall–Kier alpha value is -1.69. The molecule has 0 radical (unpaired) electrons. The van der Waals surface area contributed by atoms with Gasteiger partial charge in [0, 0.05) is 18.7 Å². The van der Waals surface area contributed by atoms with E-state index in [1.807, 2.05) is 6.07 Å². The molecule has 2 aromatic rings. The van der Waals surface area contributed by atoms with Crippen LogP contribution in [0.1, 0.15) is 0 Å². The molecule has 5 nitrogen and oxygen atoms in total. The Morgan fingerprint density at radius 1 is 1.47 bits per heavy atom. The summed E-state index contributed by atoms with van der Waals surface area (Å²) in [5.41, 5.74) is 7.08. The molecule has 1 aromatic carbocycles. The van der Waals surface area contributed by atoms with Gasteiger partial charge in [0.2, 0.25) is 0 Å². The number of halogens is 1. The molecule has 0 unspecified atom stereocenters. The summed E-state index contributed by atoms with van der Waals surface area (Å²) in [5.74, 6) is 0.969. The van der Waals surface area contributed by atoms with Crippen molar-refractivity contribution in [3.63, 3.8) is 0 Å². The van der Waals surface area contributed by atoms with Crippen LogP contribution in [0.2, 0.25) is 0 Å². The van der Waals surface area contributed by atoms with E-state index in [-0.39, 0.29) is 5.75 Å². The number of phenols is 1. The van der Waals surface area contributed by atoms with Crippen molar-refractivity contribution in [2.24, 2.45) is 7.05 Å². The highest BCUT2D eigenvalue weighted by Gasteiger charge is 2.16. The first-order valence-electron chi connectivity index (χ1n) is 4.90. The highest BCUT2D eigenvalue weighted by molar-refractivity contribution is 9.10. The number of benzene rings is 1. The van der Waals surface area contributed by atoms with Crippen LogP contribution in [0, 0.1) is 0 Å². The molecule has 90 valence electrons. The van der Waals surface area contributed by atoms with Gasteiger partial charge in [0.1, 0.15) is 5.82 Å². The van der Waals surface area contributed by atoms with Gasteiger partial charge in [0.15, 0.2) is 11.5 Å². The normalized spacial score (nSPS) is 10.5. The number of anilines is 1. The van der Waals surface area contributed by atoms with Crippen molar-refractivity contribution in [3.05, 3.63) is 22.7 Å². The summed E-state index contributed by atoms with van der Waals surface area (Å²) >= 11 is 3.23. The van der Waals surface area contributed by atoms with Crippen LogP contribution in [0.4, 0.5) is 5.82 Å². The van der Waals surface area contributed by atoms with Gasteiger partial charge in [-0.2, -0.15) is 5.10 Å². The zero-order chi connectivity index (χ0) is 12.6. The Morgan fingerprint density at radius 2 is 2.18 bits per heavy atom. The first-order chi connectivity index (χ1) is 8.04. The number of nitrogens with two attached hydrogens (primary N) is 1. The van der Waals surface area contributed by atoms with Crippen molar-refractivity contribution in [3.8, 4) is 22.8 Å². The van der Waals surface area contributed by atoms with Crippen LogP contribution in [-0.4, -0.2) is 22.0 Å². The number of ether oxygens (including phenoxy) is 1. The molecule has 6 heteroatoms. The molecule has 0 aliphatic carbocycles. The second kappa shape index (κ2) is 4.29. The molecule has 2 rings (SSSR count). The summed E-state index contributed by atoms with van der Waals surface area (Å²) in [4.78, 5) is 0. The largest absolute Gasteiger partial charge is 0.503 e. The van der Waals surface area contributed by atoms with Gasteiger partial charge < -0.3 is 15.6 Å². The van der Waals surface area contributed by atoms with Gasteiger partial charge in [-0.25, -0.2) is 0 Å². The minimum atomic E-state index is 0.0502. The minimum absolute atomic E-state index is 0.0502. The molecule has 0 spiro atoms. The third kappa shape index (κ3) is 1.95. The van der Waals surface area contributed by atoms with E-state index < -0.39 is 0 Å². The molecule has 0 saturated heterocycles. The summed E-state index contributed by atoms with van der Waals surface area (Å²) in [7, 11) is 3.25. The van der Waals surface area contributed by atoms with Crippen molar-refractivity contribution in [1.29, 1.82) is 0 Å². The minimum Gasteiger partial charge on any atom is -0.503 e. The van der Waals surface area contributed by atoms with E-state index in [1.54, 1.807) is 23.9 Å². The zero-order valence-electron chi connectivity index (χ0n) is 9.44. The van der Waals surface area contributed by atoms with E-state index >= 15 is 0 Å². The van der Waals surface area contributed by atoms with Crippen molar-refractivity contribution < 1.29 is 9.84 Å². The van der Waals surface area contributed by atoms with Crippen LogP contribution < -0.4 is 10.5 Å². The molecule has 0 atom stereocenters. The van der Waals surface area contributed by atoms with E-state index in [0.29, 0.717) is 27.3 Å². The second-order valence-electron chi connectivity index (χ2n) is 3.55. The Labute approximate surface area is 107 Å². The number of nitrogen functional groups attached to an aromatic ring is 1. The molecule has 0 saturated carbocycles. The molecule has 1 aromatic heterocycles. The second-order valence-corrected chi connectivity index (χ2v) is 4.41. The molecule has 0 fully saturated rings. The summed E-state index contributed by atoms with van der Waals surface area (Å²) < 4.78 is 7.33. The number of methoxy groups -OCH3 is 1. The lowest BCUT2D eigenvalue weighted by atomic mass is 10.1. The van der Waals surface area contributed by atoms with Gasteiger partial charge in [-0.1, -0.05) is 0 Å². The monoisotopic (exact) mass is 297 g/mol. The lowest BCUT2D eigenvalue weighted by molar-refractivity contribution is 0.373. The molecule has 3 N–H and O–H groups in total. The zero-order valence-corrected chi connectivity index (χ0v) is 11.0. The van der Waals surface area contributed by atoms with E-state index in [4.69, 9.17) is 10.5 Å². The van der Waals surface area contributed by atoms with Crippen LogP contribution in [-0.2, 0) is 7.05 Å². The third-order valence-electron chi connectivity index (χ3n) is 2.48. The van der Waals surface area contributed by atoms with Crippen LogP contribution in [0.5, 0.6) is 11.5 Å². The van der Waals surface area contributed by atoms with Crippen LogP contribution in [0.25, 0.3) is 11.3 Å². The van der Waals surface area contributed by atoms with Crippen LogP contribution >= 0.6 is 15.9 Å². The van der Waals surface area contributed by atoms with Gasteiger partial charge in [-0.15, -0.1) is 0 Å². The van der Waals surface area contributed by atoms with Crippen molar-refractivity contribution >= 4 is 21.7 Å². The molecular weight excluding hydrogens is 286 g/mol. The van der Waals surface area contributed by atoms with Gasteiger partial charge in [-0.05, 0) is 28.1 Å². The molecule has 0 bridgehead atoms. The van der Waals surface area contributed by atoms with E-state index in [0.717, 1.165) is 0 Å². The van der Waals surface area contributed by atoms with Crippen LogP contribution in [0.3, 0.4) is 0 Å². The first kappa shape index (κ1) is 11.8. The van der Waals surface area contributed by atoms with E-state index in [1.165, 1.54) is 7.11 Å². The van der Waals surface area contributed by atoms with E-state index in [9.17, 15) is 5.11 Å². The Balaban J connectivity index is 2.63.